The minimum Gasteiger partial charge on any atom is -0.366 e. The molecular weight excluding hydrogens is 273 g/mol. The van der Waals surface area contributed by atoms with E-state index in [0.29, 0.717) is 0 Å². The average Bonchev–Trinajstić information content (AvgIpc) is 2.31. The maximum Gasteiger partial charge on any atom is 0.248 e. The highest BCUT2D eigenvalue weighted by molar-refractivity contribution is 5.98. The van der Waals surface area contributed by atoms with Crippen LogP contribution in [0.1, 0.15) is 24.2 Å². The van der Waals surface area contributed by atoms with Crippen molar-refractivity contribution in [2.45, 2.75) is 13.8 Å². The first-order valence-corrected chi connectivity index (χ1v) is 5.39. The predicted octanol–water partition coefficient (Wildman–Crippen LogP) is 1.27. The van der Waals surface area contributed by atoms with Crippen molar-refractivity contribution in [2.24, 2.45) is 16.9 Å². The number of primary amides is 1. The standard InChI is InChI=1S/C12H16FN3O2.ClH/c1-12(2,6-14)11(18)16-9-5-7(10(15)17)3-4-8(9)13;/h3-5H,6,14H2,1-2H3,(H2,15,17)(H,16,18);1H. The van der Waals surface area contributed by atoms with Gasteiger partial charge in [0.05, 0.1) is 11.1 Å². The molecule has 2 amide bonds. The van der Waals surface area contributed by atoms with Crippen LogP contribution in [0.5, 0.6) is 0 Å². The Morgan fingerprint density at radius 3 is 2.42 bits per heavy atom. The van der Waals surface area contributed by atoms with Gasteiger partial charge >= 0.3 is 0 Å². The lowest BCUT2D eigenvalue weighted by atomic mass is 9.92. The summed E-state index contributed by atoms with van der Waals surface area (Å²) in [5.74, 6) is -1.75. The number of nitrogens with two attached hydrogens (primary N) is 2. The molecule has 0 atom stereocenters. The van der Waals surface area contributed by atoms with E-state index in [1.165, 1.54) is 12.1 Å². The van der Waals surface area contributed by atoms with Gasteiger partial charge in [-0.25, -0.2) is 4.39 Å². The van der Waals surface area contributed by atoms with Gasteiger partial charge in [0.15, 0.2) is 0 Å². The fraction of sp³-hybridized carbons (Fsp3) is 0.333. The summed E-state index contributed by atoms with van der Waals surface area (Å²) in [5, 5.41) is 2.39. The highest BCUT2D eigenvalue weighted by Gasteiger charge is 2.26. The van der Waals surface area contributed by atoms with Crippen molar-refractivity contribution in [1.29, 1.82) is 0 Å². The maximum atomic E-state index is 13.5. The number of amides is 2. The number of halogens is 2. The van der Waals surface area contributed by atoms with Crippen LogP contribution in [0.3, 0.4) is 0 Å². The van der Waals surface area contributed by atoms with Gasteiger partial charge in [0.1, 0.15) is 5.82 Å². The number of hydrogen-bond donors (Lipinski definition) is 3. The maximum absolute atomic E-state index is 13.5. The summed E-state index contributed by atoms with van der Waals surface area (Å²) in [7, 11) is 0. The van der Waals surface area contributed by atoms with E-state index in [9.17, 15) is 14.0 Å². The summed E-state index contributed by atoms with van der Waals surface area (Å²) in [4.78, 5) is 22.8. The molecule has 0 aliphatic carbocycles. The van der Waals surface area contributed by atoms with E-state index in [1.807, 2.05) is 0 Å². The van der Waals surface area contributed by atoms with Crippen molar-refractivity contribution in [3.63, 3.8) is 0 Å². The molecular formula is C12H17ClFN3O2. The lowest BCUT2D eigenvalue weighted by Gasteiger charge is -2.21. The van der Waals surface area contributed by atoms with E-state index < -0.39 is 23.0 Å². The van der Waals surface area contributed by atoms with E-state index >= 15 is 0 Å². The molecule has 0 aliphatic heterocycles. The topological polar surface area (TPSA) is 98.2 Å². The quantitative estimate of drug-likeness (QED) is 0.778. The van der Waals surface area contributed by atoms with Crippen LogP contribution < -0.4 is 16.8 Å². The minimum atomic E-state index is -0.824. The smallest absolute Gasteiger partial charge is 0.248 e. The molecule has 0 spiro atoms. The van der Waals surface area contributed by atoms with Crippen LogP contribution in [0.15, 0.2) is 18.2 Å². The Morgan fingerprint density at radius 2 is 1.95 bits per heavy atom. The molecule has 0 fully saturated rings. The molecule has 0 radical (unpaired) electrons. The molecule has 106 valence electrons. The molecule has 0 unspecified atom stereocenters. The monoisotopic (exact) mass is 289 g/mol. The second kappa shape index (κ2) is 6.49. The number of nitrogens with one attached hydrogen (secondary N) is 1. The zero-order valence-electron chi connectivity index (χ0n) is 10.7. The SMILES string of the molecule is CC(C)(CN)C(=O)Nc1cc(C(N)=O)ccc1F.Cl. The normalized spacial score (nSPS) is 10.5. The Labute approximate surface area is 116 Å². The van der Waals surface area contributed by atoms with Crippen molar-refractivity contribution in [3.8, 4) is 0 Å². The highest BCUT2D eigenvalue weighted by Crippen LogP contribution is 2.20. The van der Waals surface area contributed by atoms with Gasteiger partial charge in [-0.3, -0.25) is 9.59 Å². The summed E-state index contributed by atoms with van der Waals surface area (Å²) in [6.07, 6.45) is 0. The Hall–Kier alpha value is -1.66. The van der Waals surface area contributed by atoms with Crippen molar-refractivity contribution >= 4 is 29.9 Å². The lowest BCUT2D eigenvalue weighted by Crippen LogP contribution is -2.37. The van der Waals surface area contributed by atoms with Crippen LogP contribution in [0.4, 0.5) is 10.1 Å². The molecule has 7 heteroatoms. The first-order valence-electron chi connectivity index (χ1n) is 5.39. The first-order chi connectivity index (χ1) is 8.27. The summed E-state index contributed by atoms with van der Waals surface area (Å²) in [5.41, 5.74) is 9.74. The first kappa shape index (κ1) is 17.3. The number of benzene rings is 1. The average molecular weight is 290 g/mol. The number of anilines is 1. The third-order valence-electron chi connectivity index (χ3n) is 2.62. The Bertz CT molecular complexity index is 492. The zero-order chi connectivity index (χ0) is 13.9. The van der Waals surface area contributed by atoms with E-state index in [0.717, 1.165) is 6.07 Å². The lowest BCUT2D eigenvalue weighted by molar-refractivity contribution is -0.123. The van der Waals surface area contributed by atoms with Gasteiger partial charge in [0.2, 0.25) is 11.8 Å². The summed E-state index contributed by atoms with van der Waals surface area (Å²) < 4.78 is 13.5. The molecule has 5 nitrogen and oxygen atoms in total. The number of carbonyl (C=O) groups excluding carboxylic acids is 2. The summed E-state index contributed by atoms with van der Waals surface area (Å²) in [6.45, 7) is 3.40. The number of rotatable bonds is 4. The van der Waals surface area contributed by atoms with Crippen LogP contribution in [0.2, 0.25) is 0 Å². The van der Waals surface area contributed by atoms with Gasteiger partial charge < -0.3 is 16.8 Å². The van der Waals surface area contributed by atoms with Gasteiger partial charge in [0, 0.05) is 12.1 Å². The van der Waals surface area contributed by atoms with E-state index in [1.54, 1.807) is 13.8 Å². The van der Waals surface area contributed by atoms with Crippen molar-refractivity contribution in [3.05, 3.63) is 29.6 Å². The van der Waals surface area contributed by atoms with Crippen LogP contribution in [-0.2, 0) is 4.79 Å². The van der Waals surface area contributed by atoms with Crippen LogP contribution in [-0.4, -0.2) is 18.4 Å². The molecule has 19 heavy (non-hydrogen) atoms. The highest BCUT2D eigenvalue weighted by atomic mass is 35.5. The largest absolute Gasteiger partial charge is 0.366 e. The summed E-state index contributed by atoms with van der Waals surface area (Å²) in [6, 6.07) is 3.52. The third kappa shape index (κ3) is 4.18. The molecule has 1 rings (SSSR count). The van der Waals surface area contributed by atoms with E-state index in [2.05, 4.69) is 5.32 Å². The van der Waals surface area contributed by atoms with Gasteiger partial charge in [-0.1, -0.05) is 0 Å². The zero-order valence-corrected chi connectivity index (χ0v) is 11.5. The fourth-order valence-electron chi connectivity index (χ4n) is 1.16. The number of hydrogen-bond acceptors (Lipinski definition) is 3. The molecule has 0 aromatic heterocycles. The second-order valence-electron chi connectivity index (χ2n) is 4.60. The Balaban J connectivity index is 0.00000324. The van der Waals surface area contributed by atoms with E-state index in [4.69, 9.17) is 11.5 Å². The van der Waals surface area contributed by atoms with Crippen LogP contribution in [0.25, 0.3) is 0 Å². The van der Waals surface area contributed by atoms with Crippen LogP contribution in [0, 0.1) is 11.2 Å². The fourth-order valence-corrected chi connectivity index (χ4v) is 1.16. The van der Waals surface area contributed by atoms with Crippen molar-refractivity contribution < 1.29 is 14.0 Å². The minimum absolute atomic E-state index is 0. The molecule has 0 saturated carbocycles. The number of carbonyl (C=O) groups is 2. The van der Waals surface area contributed by atoms with Gasteiger partial charge in [-0.15, -0.1) is 12.4 Å². The van der Waals surface area contributed by atoms with Crippen LogP contribution >= 0.6 is 12.4 Å². The molecule has 0 heterocycles. The molecule has 0 bridgehead atoms. The molecule has 0 aliphatic rings. The third-order valence-corrected chi connectivity index (χ3v) is 2.62. The van der Waals surface area contributed by atoms with Crippen molar-refractivity contribution in [1.82, 2.24) is 0 Å². The Morgan fingerprint density at radius 1 is 1.37 bits per heavy atom. The van der Waals surface area contributed by atoms with Crippen molar-refractivity contribution in [2.75, 3.05) is 11.9 Å². The molecule has 5 N–H and O–H groups in total. The molecule has 0 saturated heterocycles. The second-order valence-corrected chi connectivity index (χ2v) is 4.60. The van der Waals surface area contributed by atoms with Gasteiger partial charge in [0.25, 0.3) is 0 Å². The molecule has 1 aromatic carbocycles. The molecule has 1 aromatic rings. The van der Waals surface area contributed by atoms with Gasteiger partial charge in [-0.2, -0.15) is 0 Å². The van der Waals surface area contributed by atoms with E-state index in [-0.39, 0.29) is 30.2 Å². The predicted molar refractivity (Wildman–Crippen MR) is 73.6 cm³/mol. The Kier molecular flexibility index (Phi) is 5.92. The van der Waals surface area contributed by atoms with Gasteiger partial charge in [-0.05, 0) is 32.0 Å². The summed E-state index contributed by atoms with van der Waals surface area (Å²) >= 11 is 0.